The van der Waals surface area contributed by atoms with E-state index in [1.54, 1.807) is 4.90 Å². The zero-order valence-corrected chi connectivity index (χ0v) is 12.7. The number of nitrogens with zero attached hydrogens (tertiary/aromatic N) is 2. The zero-order chi connectivity index (χ0) is 13.8. The van der Waals surface area contributed by atoms with Gasteiger partial charge in [-0.1, -0.05) is 42.4 Å². The van der Waals surface area contributed by atoms with Crippen LogP contribution in [0.5, 0.6) is 0 Å². The molecule has 0 saturated carbocycles. The average molecular weight is 299 g/mol. The van der Waals surface area contributed by atoms with Gasteiger partial charge >= 0.3 is 0 Å². The molecule has 0 aromatic heterocycles. The summed E-state index contributed by atoms with van der Waals surface area (Å²) >= 11 is 10.0. The molecule has 104 valence electrons. The van der Waals surface area contributed by atoms with Gasteiger partial charge in [0.15, 0.2) is 0 Å². The lowest BCUT2D eigenvalue weighted by Crippen LogP contribution is -2.43. The monoisotopic (exact) mass is 298 g/mol. The Morgan fingerprint density at radius 3 is 2.63 bits per heavy atom. The first-order valence-electron chi connectivity index (χ1n) is 6.49. The molecule has 0 N–H and O–H groups in total. The van der Waals surface area contributed by atoms with Crippen LogP contribution in [-0.4, -0.2) is 41.2 Å². The Kier molecular flexibility index (Phi) is 5.13. The van der Waals surface area contributed by atoms with Crippen LogP contribution >= 0.6 is 24.2 Å². The van der Waals surface area contributed by atoms with Crippen LogP contribution in [0.1, 0.15) is 18.4 Å². The molecule has 1 aliphatic rings. The minimum absolute atomic E-state index is 0.149. The van der Waals surface area contributed by atoms with Gasteiger partial charge in [-0.15, -0.1) is 0 Å². The number of carbonyl (C=O) groups excluding carboxylic acids is 1. The molecule has 0 atom stereocenters. The first-order chi connectivity index (χ1) is 9.08. The second-order valence-electron chi connectivity index (χ2n) is 4.99. The molecule has 2 rings (SSSR count). The maximum atomic E-state index is 11.2. The van der Waals surface area contributed by atoms with Gasteiger partial charge in [0.2, 0.25) is 0 Å². The highest BCUT2D eigenvalue weighted by Gasteiger charge is 2.24. The van der Waals surface area contributed by atoms with E-state index >= 15 is 0 Å². The van der Waals surface area contributed by atoms with Crippen molar-refractivity contribution in [2.24, 2.45) is 0 Å². The number of hydrogen-bond acceptors (Lipinski definition) is 2. The number of piperidine rings is 1. The Bertz CT molecular complexity index is 447. The molecule has 1 heterocycles. The Morgan fingerprint density at radius 2 is 2.05 bits per heavy atom. The van der Waals surface area contributed by atoms with Crippen LogP contribution in [0.4, 0.5) is 4.79 Å². The predicted octanol–water partition coefficient (Wildman–Crippen LogP) is 3.29. The van der Waals surface area contributed by atoms with E-state index in [1.165, 1.54) is 5.56 Å². The third kappa shape index (κ3) is 3.88. The second kappa shape index (κ2) is 6.64. The lowest BCUT2D eigenvalue weighted by molar-refractivity contribution is 0.142. The average Bonchev–Trinajstić information content (AvgIpc) is 2.41. The van der Waals surface area contributed by atoms with E-state index < -0.39 is 0 Å². The fraction of sp³-hybridized carbons (Fsp3) is 0.500. The normalized spacial score (nSPS) is 17.4. The number of hydrogen-bond donors (Lipinski definition) is 1. The minimum atomic E-state index is -0.149. The van der Waals surface area contributed by atoms with Crippen molar-refractivity contribution in [1.82, 2.24) is 9.80 Å². The molecule has 0 unspecified atom stereocenters. The lowest BCUT2D eigenvalue weighted by Gasteiger charge is -2.36. The molecule has 1 saturated heterocycles. The van der Waals surface area contributed by atoms with E-state index in [-0.39, 0.29) is 5.24 Å². The fourth-order valence-electron chi connectivity index (χ4n) is 2.49. The number of halogens is 1. The largest absolute Gasteiger partial charge is 0.334 e. The maximum Gasteiger partial charge on any atom is 0.278 e. The van der Waals surface area contributed by atoms with Gasteiger partial charge in [0.25, 0.3) is 5.24 Å². The molecular formula is C14H19ClN2OS. The van der Waals surface area contributed by atoms with Gasteiger partial charge in [0, 0.05) is 37.7 Å². The van der Waals surface area contributed by atoms with E-state index in [0.717, 1.165) is 37.5 Å². The van der Waals surface area contributed by atoms with E-state index in [4.69, 9.17) is 11.6 Å². The number of benzene rings is 1. The molecule has 5 heteroatoms. The van der Waals surface area contributed by atoms with Crippen LogP contribution < -0.4 is 0 Å². The summed E-state index contributed by atoms with van der Waals surface area (Å²) in [5, 5.41) is 0.678. The Hall–Kier alpha value is -0.710. The fourth-order valence-corrected chi connectivity index (χ4v) is 2.85. The van der Waals surface area contributed by atoms with E-state index in [2.05, 4.69) is 23.6 Å². The number of likely N-dealkylation sites (tertiary alicyclic amines) is 1. The van der Waals surface area contributed by atoms with Gasteiger partial charge in [-0.05, 0) is 24.5 Å². The van der Waals surface area contributed by atoms with Crippen molar-refractivity contribution in [3.63, 3.8) is 0 Å². The predicted molar refractivity (Wildman–Crippen MR) is 81.9 cm³/mol. The molecular weight excluding hydrogens is 280 g/mol. The van der Waals surface area contributed by atoms with Crippen LogP contribution in [0, 0.1) is 0 Å². The van der Waals surface area contributed by atoms with Crippen molar-refractivity contribution in [3.8, 4) is 0 Å². The summed E-state index contributed by atoms with van der Waals surface area (Å²) in [4.78, 5) is 15.3. The van der Waals surface area contributed by atoms with Gasteiger partial charge in [-0.3, -0.25) is 9.69 Å². The van der Waals surface area contributed by atoms with Crippen LogP contribution in [0.15, 0.2) is 24.3 Å². The van der Waals surface area contributed by atoms with Gasteiger partial charge in [0.05, 0.1) is 0 Å². The molecule has 0 bridgehead atoms. The molecule has 0 radical (unpaired) electrons. The summed E-state index contributed by atoms with van der Waals surface area (Å²) in [6.45, 7) is 2.85. The molecule has 19 heavy (non-hydrogen) atoms. The minimum Gasteiger partial charge on any atom is -0.334 e. The topological polar surface area (TPSA) is 23.6 Å². The standard InChI is InChI=1S/C14H19ClN2OS/c1-16(14(18)19)12-6-8-17(9-7-12)10-11-4-2-3-5-13(11)15/h2-5,12H,6-10H2,1H3,(H,18,19). The van der Waals surface area contributed by atoms with Crippen molar-refractivity contribution < 1.29 is 4.79 Å². The third-order valence-electron chi connectivity index (χ3n) is 3.76. The number of thiol groups is 1. The molecule has 1 aromatic carbocycles. The SMILES string of the molecule is CN(C(=O)S)C1CCN(Cc2ccccc2Cl)CC1. The van der Waals surface area contributed by atoms with Crippen molar-refractivity contribution >= 4 is 29.5 Å². The summed E-state index contributed by atoms with van der Waals surface area (Å²) in [6.07, 6.45) is 1.99. The molecule has 1 fully saturated rings. The van der Waals surface area contributed by atoms with Crippen LogP contribution in [0.25, 0.3) is 0 Å². The molecule has 1 aromatic rings. The quantitative estimate of drug-likeness (QED) is 0.866. The lowest BCUT2D eigenvalue weighted by atomic mass is 10.0. The van der Waals surface area contributed by atoms with Crippen molar-refractivity contribution in [1.29, 1.82) is 0 Å². The van der Waals surface area contributed by atoms with Gasteiger partial charge in [0.1, 0.15) is 0 Å². The smallest absolute Gasteiger partial charge is 0.278 e. The number of rotatable bonds is 3. The molecule has 1 amide bonds. The molecule has 0 aliphatic carbocycles. The van der Waals surface area contributed by atoms with E-state index in [0.29, 0.717) is 6.04 Å². The zero-order valence-electron chi connectivity index (χ0n) is 11.1. The Balaban J connectivity index is 1.87. The van der Waals surface area contributed by atoms with Gasteiger partial charge in [-0.25, -0.2) is 0 Å². The molecule has 1 aliphatic heterocycles. The Morgan fingerprint density at radius 1 is 1.42 bits per heavy atom. The summed E-state index contributed by atoms with van der Waals surface area (Å²) < 4.78 is 0. The highest BCUT2D eigenvalue weighted by molar-refractivity contribution is 7.96. The molecule has 0 spiro atoms. The van der Waals surface area contributed by atoms with Crippen molar-refractivity contribution in [2.45, 2.75) is 25.4 Å². The summed E-state index contributed by atoms with van der Waals surface area (Å²) in [6, 6.07) is 8.27. The van der Waals surface area contributed by atoms with Crippen LogP contribution in [0.2, 0.25) is 5.02 Å². The summed E-state index contributed by atoms with van der Waals surface area (Å²) in [5.74, 6) is 0. The van der Waals surface area contributed by atoms with Crippen molar-refractivity contribution in [3.05, 3.63) is 34.9 Å². The van der Waals surface area contributed by atoms with Crippen molar-refractivity contribution in [2.75, 3.05) is 20.1 Å². The second-order valence-corrected chi connectivity index (χ2v) is 5.78. The third-order valence-corrected chi connectivity index (χ3v) is 4.44. The Labute approximate surface area is 124 Å². The van der Waals surface area contributed by atoms with Crippen LogP contribution in [-0.2, 0) is 6.54 Å². The summed E-state index contributed by atoms with van der Waals surface area (Å²) in [7, 11) is 1.82. The van der Waals surface area contributed by atoms with Crippen LogP contribution in [0.3, 0.4) is 0 Å². The van der Waals surface area contributed by atoms with E-state index in [9.17, 15) is 4.79 Å². The number of amides is 1. The first kappa shape index (κ1) is 14.7. The molecule has 3 nitrogen and oxygen atoms in total. The summed E-state index contributed by atoms with van der Waals surface area (Å²) in [5.41, 5.74) is 1.17. The van der Waals surface area contributed by atoms with Gasteiger partial charge in [-0.2, -0.15) is 0 Å². The van der Waals surface area contributed by atoms with Gasteiger partial charge < -0.3 is 4.90 Å². The highest BCUT2D eigenvalue weighted by atomic mass is 35.5. The number of carbonyl (C=O) groups is 1. The van der Waals surface area contributed by atoms with E-state index in [1.807, 2.05) is 25.2 Å². The highest BCUT2D eigenvalue weighted by Crippen LogP contribution is 2.21. The first-order valence-corrected chi connectivity index (χ1v) is 7.32. The maximum absolute atomic E-state index is 11.2.